The molecule has 0 amide bonds. The van der Waals surface area contributed by atoms with Gasteiger partial charge in [-0.3, -0.25) is 4.99 Å². The standard InChI is InChI=1S/C17H30N4O3S.HI/c1-7-18-16(19-13-17(2,3)20-25(6,22)23)21(4)12-14-10-8-9-11-15(14)24-5;/h8-11,20H,7,12-13H2,1-6H3,(H,18,19);1H. The Morgan fingerprint density at radius 2 is 1.92 bits per heavy atom. The van der Waals surface area contributed by atoms with Crippen molar-refractivity contribution in [1.82, 2.24) is 14.9 Å². The van der Waals surface area contributed by atoms with Gasteiger partial charge in [0, 0.05) is 31.2 Å². The van der Waals surface area contributed by atoms with Crippen LogP contribution >= 0.6 is 24.0 Å². The SMILES string of the molecule is CCNC(=NCC(C)(C)NS(C)(=O)=O)N(C)Cc1ccccc1OC.I. The van der Waals surface area contributed by atoms with Crippen LogP contribution in [0.25, 0.3) is 0 Å². The van der Waals surface area contributed by atoms with Crippen LogP contribution in [0.1, 0.15) is 26.3 Å². The fourth-order valence-corrected chi connectivity index (χ4v) is 3.51. The van der Waals surface area contributed by atoms with E-state index in [1.165, 1.54) is 0 Å². The van der Waals surface area contributed by atoms with Crippen LogP contribution in [0, 0.1) is 0 Å². The lowest BCUT2D eigenvalue weighted by atomic mass is 10.1. The molecule has 0 heterocycles. The summed E-state index contributed by atoms with van der Waals surface area (Å²) in [6.07, 6.45) is 1.15. The highest BCUT2D eigenvalue weighted by atomic mass is 127. The Morgan fingerprint density at radius 3 is 2.46 bits per heavy atom. The summed E-state index contributed by atoms with van der Waals surface area (Å²) in [6.45, 7) is 7.26. The van der Waals surface area contributed by atoms with E-state index in [4.69, 9.17) is 4.74 Å². The van der Waals surface area contributed by atoms with Crippen LogP contribution < -0.4 is 14.8 Å². The minimum absolute atomic E-state index is 0. The van der Waals surface area contributed by atoms with Gasteiger partial charge in [-0.1, -0.05) is 18.2 Å². The first-order valence-corrected chi connectivity index (χ1v) is 10.1. The molecule has 0 aliphatic rings. The smallest absolute Gasteiger partial charge is 0.209 e. The van der Waals surface area contributed by atoms with E-state index in [1.54, 1.807) is 21.0 Å². The topological polar surface area (TPSA) is 83.0 Å². The monoisotopic (exact) mass is 498 g/mol. The number of benzene rings is 1. The van der Waals surface area contributed by atoms with Crippen LogP contribution in [0.3, 0.4) is 0 Å². The summed E-state index contributed by atoms with van der Waals surface area (Å²) in [5.74, 6) is 1.53. The van der Waals surface area contributed by atoms with Gasteiger partial charge in [-0.2, -0.15) is 0 Å². The Kier molecular flexibility index (Phi) is 10.5. The highest BCUT2D eigenvalue weighted by molar-refractivity contribution is 14.0. The van der Waals surface area contributed by atoms with E-state index in [-0.39, 0.29) is 24.0 Å². The lowest BCUT2D eigenvalue weighted by molar-refractivity contribution is 0.395. The number of halogens is 1. The first-order chi connectivity index (χ1) is 11.6. The highest BCUT2D eigenvalue weighted by Crippen LogP contribution is 2.18. The number of rotatable bonds is 8. The highest BCUT2D eigenvalue weighted by Gasteiger charge is 2.22. The van der Waals surface area contributed by atoms with Crippen molar-refractivity contribution in [2.24, 2.45) is 4.99 Å². The number of aliphatic imine (C=N–C) groups is 1. The first-order valence-electron chi connectivity index (χ1n) is 8.18. The number of ether oxygens (including phenoxy) is 1. The molecule has 0 unspecified atom stereocenters. The van der Waals surface area contributed by atoms with Gasteiger partial charge >= 0.3 is 0 Å². The van der Waals surface area contributed by atoms with E-state index in [9.17, 15) is 8.42 Å². The predicted molar refractivity (Wildman–Crippen MR) is 118 cm³/mol. The zero-order valence-electron chi connectivity index (χ0n) is 16.4. The number of hydrogen-bond donors (Lipinski definition) is 2. The van der Waals surface area contributed by atoms with Gasteiger partial charge in [0.05, 0.1) is 19.9 Å². The Morgan fingerprint density at radius 1 is 1.31 bits per heavy atom. The molecule has 9 heteroatoms. The van der Waals surface area contributed by atoms with Crippen LogP contribution in [0.15, 0.2) is 29.3 Å². The van der Waals surface area contributed by atoms with Crippen molar-refractivity contribution in [3.63, 3.8) is 0 Å². The summed E-state index contributed by atoms with van der Waals surface area (Å²) in [7, 11) is 0.296. The van der Waals surface area contributed by atoms with Crippen LogP contribution in [-0.4, -0.2) is 58.3 Å². The van der Waals surface area contributed by atoms with Gasteiger partial charge in [0.2, 0.25) is 10.0 Å². The normalized spacial score (nSPS) is 12.3. The second kappa shape index (κ2) is 10.9. The van der Waals surface area contributed by atoms with Crippen molar-refractivity contribution in [2.45, 2.75) is 32.9 Å². The van der Waals surface area contributed by atoms with Gasteiger partial charge in [-0.05, 0) is 26.8 Å². The van der Waals surface area contributed by atoms with Crippen molar-refractivity contribution < 1.29 is 13.2 Å². The third-order valence-electron chi connectivity index (χ3n) is 3.38. The number of sulfonamides is 1. The number of methoxy groups -OCH3 is 1. The largest absolute Gasteiger partial charge is 0.496 e. The van der Waals surface area contributed by atoms with Crippen LogP contribution in [0.4, 0.5) is 0 Å². The molecule has 0 aliphatic heterocycles. The van der Waals surface area contributed by atoms with E-state index >= 15 is 0 Å². The molecule has 2 N–H and O–H groups in total. The molecule has 7 nitrogen and oxygen atoms in total. The quantitative estimate of drug-likeness (QED) is 0.326. The Labute approximate surface area is 174 Å². The summed E-state index contributed by atoms with van der Waals surface area (Å²) in [4.78, 5) is 6.57. The maximum atomic E-state index is 11.5. The van der Waals surface area contributed by atoms with Gasteiger partial charge in [0.15, 0.2) is 5.96 Å². The minimum atomic E-state index is -3.29. The number of nitrogens with one attached hydrogen (secondary N) is 2. The first kappa shape index (κ1) is 24.9. The van der Waals surface area contributed by atoms with Crippen molar-refractivity contribution in [3.05, 3.63) is 29.8 Å². The van der Waals surface area contributed by atoms with Crippen LogP contribution in [-0.2, 0) is 16.6 Å². The molecule has 0 fully saturated rings. The molecule has 0 saturated carbocycles. The fourth-order valence-electron chi connectivity index (χ4n) is 2.44. The number of para-hydroxylation sites is 1. The zero-order valence-corrected chi connectivity index (χ0v) is 19.5. The van der Waals surface area contributed by atoms with E-state index in [2.05, 4.69) is 15.0 Å². The molecule has 1 aromatic rings. The Hall–Kier alpha value is -1.07. The van der Waals surface area contributed by atoms with E-state index in [0.717, 1.165) is 24.1 Å². The molecule has 0 saturated heterocycles. The molecular formula is C17H31IN4O3S. The minimum Gasteiger partial charge on any atom is -0.496 e. The maximum absolute atomic E-state index is 11.5. The summed E-state index contributed by atoms with van der Waals surface area (Å²) < 4.78 is 30.9. The number of guanidine groups is 1. The van der Waals surface area contributed by atoms with E-state index in [1.807, 2.05) is 43.1 Å². The average Bonchev–Trinajstić information content (AvgIpc) is 2.49. The van der Waals surface area contributed by atoms with Crippen molar-refractivity contribution in [1.29, 1.82) is 0 Å². The van der Waals surface area contributed by atoms with Crippen LogP contribution in [0.5, 0.6) is 5.75 Å². The lowest BCUT2D eigenvalue weighted by Crippen LogP contribution is -2.46. The molecule has 0 aromatic heterocycles. The second-order valence-electron chi connectivity index (χ2n) is 6.60. The van der Waals surface area contributed by atoms with Crippen molar-refractivity contribution >= 4 is 40.0 Å². The molecule has 0 bridgehead atoms. The zero-order chi connectivity index (χ0) is 19.1. The van der Waals surface area contributed by atoms with Gasteiger partial charge in [0.25, 0.3) is 0 Å². The molecule has 150 valence electrons. The molecule has 0 radical (unpaired) electrons. The summed E-state index contributed by atoms with van der Waals surface area (Å²) in [5.41, 5.74) is 0.381. The molecule has 26 heavy (non-hydrogen) atoms. The molecule has 0 aliphatic carbocycles. The Bertz CT molecular complexity index is 693. The maximum Gasteiger partial charge on any atom is 0.209 e. The third kappa shape index (κ3) is 9.04. The van der Waals surface area contributed by atoms with Gasteiger partial charge < -0.3 is 15.0 Å². The van der Waals surface area contributed by atoms with Gasteiger partial charge in [0.1, 0.15) is 5.75 Å². The average molecular weight is 498 g/mol. The molecular weight excluding hydrogens is 467 g/mol. The predicted octanol–water partition coefficient (Wildman–Crippen LogP) is 2.04. The van der Waals surface area contributed by atoms with Gasteiger partial charge in [-0.25, -0.2) is 13.1 Å². The number of hydrogen-bond acceptors (Lipinski definition) is 4. The molecule has 0 spiro atoms. The van der Waals surface area contributed by atoms with Crippen molar-refractivity contribution in [2.75, 3.05) is 33.5 Å². The van der Waals surface area contributed by atoms with Crippen molar-refractivity contribution in [3.8, 4) is 5.75 Å². The van der Waals surface area contributed by atoms with E-state index < -0.39 is 15.6 Å². The molecule has 1 aromatic carbocycles. The lowest BCUT2D eigenvalue weighted by Gasteiger charge is -2.26. The van der Waals surface area contributed by atoms with Crippen LogP contribution in [0.2, 0.25) is 0 Å². The molecule has 1 rings (SSSR count). The second-order valence-corrected chi connectivity index (χ2v) is 8.34. The summed E-state index contributed by atoms with van der Waals surface area (Å²) >= 11 is 0. The molecule has 0 atom stereocenters. The third-order valence-corrected chi connectivity index (χ3v) is 4.31. The Balaban J connectivity index is 0.00000625. The summed E-state index contributed by atoms with van der Waals surface area (Å²) in [6, 6.07) is 7.83. The van der Waals surface area contributed by atoms with E-state index in [0.29, 0.717) is 19.0 Å². The fraction of sp³-hybridized carbons (Fsp3) is 0.588. The summed E-state index contributed by atoms with van der Waals surface area (Å²) in [5, 5.41) is 3.23. The van der Waals surface area contributed by atoms with Gasteiger partial charge in [-0.15, -0.1) is 24.0 Å². The number of nitrogens with zero attached hydrogens (tertiary/aromatic N) is 2.